The highest BCUT2D eigenvalue weighted by molar-refractivity contribution is 5.94. The molecule has 1 aliphatic rings. The summed E-state index contributed by atoms with van der Waals surface area (Å²) in [5, 5.41) is 14.9. The van der Waals surface area contributed by atoms with Crippen LogP contribution in [-0.2, 0) is 11.3 Å². The monoisotopic (exact) mass is 330 g/mol. The summed E-state index contributed by atoms with van der Waals surface area (Å²) >= 11 is 0. The number of aliphatic hydroxyl groups is 1. The van der Waals surface area contributed by atoms with Gasteiger partial charge in [0.25, 0.3) is 5.91 Å². The number of hydrogen-bond acceptors (Lipinski definition) is 3. The minimum Gasteiger partial charge on any atom is -0.396 e. The van der Waals surface area contributed by atoms with E-state index in [1.807, 2.05) is 26.0 Å². The third-order valence-electron chi connectivity index (χ3n) is 4.05. The predicted octanol–water partition coefficient (Wildman–Crippen LogP) is 2.16. The second-order valence-corrected chi connectivity index (χ2v) is 6.57. The van der Waals surface area contributed by atoms with Crippen molar-refractivity contribution in [2.75, 3.05) is 6.61 Å². The first kappa shape index (κ1) is 18.2. The fourth-order valence-corrected chi connectivity index (χ4v) is 2.59. The van der Waals surface area contributed by atoms with Crippen LogP contribution in [0, 0.1) is 5.92 Å². The first-order valence-electron chi connectivity index (χ1n) is 8.43. The number of carbonyl (C=O) groups excluding carboxylic acids is 2. The molecule has 1 aromatic rings. The molecule has 1 saturated carbocycles. The molecule has 2 amide bonds. The van der Waals surface area contributed by atoms with Crippen molar-refractivity contribution < 1.29 is 14.7 Å². The summed E-state index contributed by atoms with van der Waals surface area (Å²) < 4.78 is 0. The molecule has 130 valence electrons. The lowest BCUT2D eigenvalue weighted by molar-refractivity contribution is -0.116. The van der Waals surface area contributed by atoms with Gasteiger partial charge >= 0.3 is 0 Å². The standard InChI is InChI=1S/C19H26N2O3/c1-13(2)11-18(23)20-12-14-3-5-16(6-4-14)19(24)21-17(9-10-22)15-7-8-15/h3-6,11,15,17,22H,7-10,12H2,1-2H3,(H,20,23)(H,21,24). The van der Waals surface area contributed by atoms with E-state index >= 15 is 0 Å². The van der Waals surface area contributed by atoms with Crippen LogP contribution >= 0.6 is 0 Å². The molecule has 0 heterocycles. The molecule has 1 fully saturated rings. The van der Waals surface area contributed by atoms with Crippen LogP contribution in [-0.4, -0.2) is 29.6 Å². The highest BCUT2D eigenvalue weighted by Gasteiger charge is 2.31. The summed E-state index contributed by atoms with van der Waals surface area (Å²) in [7, 11) is 0. The molecule has 2 rings (SSSR count). The van der Waals surface area contributed by atoms with Crippen molar-refractivity contribution in [1.29, 1.82) is 0 Å². The van der Waals surface area contributed by atoms with E-state index in [4.69, 9.17) is 5.11 Å². The van der Waals surface area contributed by atoms with Gasteiger partial charge in [0.2, 0.25) is 5.91 Å². The predicted molar refractivity (Wildman–Crippen MR) is 93.4 cm³/mol. The maximum Gasteiger partial charge on any atom is 0.251 e. The van der Waals surface area contributed by atoms with Gasteiger partial charge in [-0.2, -0.15) is 0 Å². The Morgan fingerprint density at radius 2 is 1.92 bits per heavy atom. The van der Waals surface area contributed by atoms with E-state index in [-0.39, 0.29) is 24.5 Å². The zero-order chi connectivity index (χ0) is 17.5. The molecule has 0 saturated heterocycles. The van der Waals surface area contributed by atoms with E-state index in [1.54, 1.807) is 18.2 Å². The fourth-order valence-electron chi connectivity index (χ4n) is 2.59. The number of allylic oxidation sites excluding steroid dienone is 1. The summed E-state index contributed by atoms with van der Waals surface area (Å²) in [5.74, 6) is 0.277. The highest BCUT2D eigenvalue weighted by atomic mass is 16.3. The van der Waals surface area contributed by atoms with Crippen molar-refractivity contribution >= 4 is 11.8 Å². The second kappa shape index (κ2) is 8.64. The van der Waals surface area contributed by atoms with E-state index in [2.05, 4.69) is 10.6 Å². The van der Waals surface area contributed by atoms with Gasteiger partial charge in [0.05, 0.1) is 0 Å². The smallest absolute Gasteiger partial charge is 0.251 e. The maximum atomic E-state index is 12.3. The lowest BCUT2D eigenvalue weighted by Crippen LogP contribution is -2.37. The molecule has 24 heavy (non-hydrogen) atoms. The number of nitrogens with one attached hydrogen (secondary N) is 2. The van der Waals surface area contributed by atoms with Crippen molar-refractivity contribution in [3.63, 3.8) is 0 Å². The Bertz CT molecular complexity index is 600. The Balaban J connectivity index is 1.87. The zero-order valence-corrected chi connectivity index (χ0v) is 14.3. The van der Waals surface area contributed by atoms with Crippen LogP contribution < -0.4 is 10.6 Å². The first-order chi connectivity index (χ1) is 11.5. The van der Waals surface area contributed by atoms with E-state index in [1.165, 1.54) is 0 Å². The molecule has 1 atom stereocenters. The second-order valence-electron chi connectivity index (χ2n) is 6.57. The van der Waals surface area contributed by atoms with Gasteiger partial charge < -0.3 is 15.7 Å². The molecule has 5 nitrogen and oxygen atoms in total. The van der Waals surface area contributed by atoms with Gasteiger partial charge in [-0.3, -0.25) is 9.59 Å². The SMILES string of the molecule is CC(C)=CC(=O)NCc1ccc(C(=O)NC(CCO)C2CC2)cc1. The summed E-state index contributed by atoms with van der Waals surface area (Å²) in [6, 6.07) is 7.28. The summed E-state index contributed by atoms with van der Waals surface area (Å²) in [6.45, 7) is 4.27. The average Bonchev–Trinajstić information content (AvgIpc) is 3.37. The largest absolute Gasteiger partial charge is 0.396 e. The Morgan fingerprint density at radius 3 is 2.46 bits per heavy atom. The number of rotatable bonds is 8. The van der Waals surface area contributed by atoms with Crippen molar-refractivity contribution in [1.82, 2.24) is 10.6 Å². The molecule has 0 radical (unpaired) electrons. The van der Waals surface area contributed by atoms with Crippen LogP contribution in [0.4, 0.5) is 0 Å². The molecule has 0 aliphatic heterocycles. The van der Waals surface area contributed by atoms with Gasteiger partial charge in [-0.25, -0.2) is 0 Å². The number of hydrogen-bond donors (Lipinski definition) is 3. The molecule has 0 bridgehead atoms. The van der Waals surface area contributed by atoms with E-state index in [0.717, 1.165) is 24.0 Å². The van der Waals surface area contributed by atoms with Crippen molar-refractivity contribution in [2.45, 2.75) is 45.7 Å². The van der Waals surface area contributed by atoms with E-state index < -0.39 is 0 Å². The molecule has 0 aromatic heterocycles. The summed E-state index contributed by atoms with van der Waals surface area (Å²) in [4.78, 5) is 23.9. The van der Waals surface area contributed by atoms with Gasteiger partial charge in [-0.1, -0.05) is 17.7 Å². The summed E-state index contributed by atoms with van der Waals surface area (Å²) in [6.07, 6.45) is 4.40. The van der Waals surface area contributed by atoms with Gasteiger partial charge in [0.1, 0.15) is 0 Å². The molecule has 1 aromatic carbocycles. The zero-order valence-electron chi connectivity index (χ0n) is 14.3. The lowest BCUT2D eigenvalue weighted by Gasteiger charge is -2.17. The minimum atomic E-state index is -0.118. The van der Waals surface area contributed by atoms with Crippen LogP contribution in [0.3, 0.4) is 0 Å². The Kier molecular flexibility index (Phi) is 6.55. The molecule has 3 N–H and O–H groups in total. The number of carbonyl (C=O) groups is 2. The molecule has 1 unspecified atom stereocenters. The Morgan fingerprint density at radius 1 is 1.25 bits per heavy atom. The third kappa shape index (κ3) is 5.81. The van der Waals surface area contributed by atoms with Crippen LogP contribution in [0.15, 0.2) is 35.9 Å². The van der Waals surface area contributed by atoms with E-state index in [9.17, 15) is 9.59 Å². The third-order valence-corrected chi connectivity index (χ3v) is 4.05. The molecular weight excluding hydrogens is 304 g/mol. The van der Waals surface area contributed by atoms with Gasteiger partial charge in [-0.05, 0) is 56.7 Å². The minimum absolute atomic E-state index is 0.0607. The average molecular weight is 330 g/mol. The number of benzene rings is 1. The van der Waals surface area contributed by atoms with Crippen LogP contribution in [0.1, 0.15) is 49.0 Å². The van der Waals surface area contributed by atoms with E-state index in [0.29, 0.717) is 24.4 Å². The number of aliphatic hydroxyl groups excluding tert-OH is 1. The normalized spacial score (nSPS) is 14.6. The molecule has 0 spiro atoms. The molecule has 5 heteroatoms. The first-order valence-corrected chi connectivity index (χ1v) is 8.43. The van der Waals surface area contributed by atoms with Gasteiger partial charge in [0.15, 0.2) is 0 Å². The highest BCUT2D eigenvalue weighted by Crippen LogP contribution is 2.34. The fraction of sp³-hybridized carbons (Fsp3) is 0.474. The van der Waals surface area contributed by atoms with Crippen LogP contribution in [0.5, 0.6) is 0 Å². The summed E-state index contributed by atoms with van der Waals surface area (Å²) in [5.41, 5.74) is 2.49. The van der Waals surface area contributed by atoms with Crippen molar-refractivity contribution in [3.8, 4) is 0 Å². The number of amides is 2. The molecule has 1 aliphatic carbocycles. The van der Waals surface area contributed by atoms with Crippen LogP contribution in [0.25, 0.3) is 0 Å². The van der Waals surface area contributed by atoms with Gasteiger partial charge in [0, 0.05) is 30.8 Å². The van der Waals surface area contributed by atoms with Gasteiger partial charge in [-0.15, -0.1) is 0 Å². The van der Waals surface area contributed by atoms with Crippen molar-refractivity contribution in [3.05, 3.63) is 47.0 Å². The topological polar surface area (TPSA) is 78.4 Å². The quantitative estimate of drug-likeness (QED) is 0.639. The van der Waals surface area contributed by atoms with Crippen LogP contribution in [0.2, 0.25) is 0 Å². The Hall–Kier alpha value is -2.14. The lowest BCUT2D eigenvalue weighted by atomic mass is 10.1. The molecular formula is C19H26N2O3. The van der Waals surface area contributed by atoms with Crippen molar-refractivity contribution in [2.24, 2.45) is 5.92 Å². The maximum absolute atomic E-state index is 12.3. The Labute approximate surface area is 143 Å².